The first-order chi connectivity index (χ1) is 7.02. The fraction of sp³-hybridized carbons (Fsp3) is 0.333. The summed E-state index contributed by atoms with van der Waals surface area (Å²) in [6, 6.07) is 3.95. The lowest BCUT2D eigenvalue weighted by Gasteiger charge is -2.01. The number of aryl methyl sites for hydroxylation is 1. The van der Waals surface area contributed by atoms with Crippen molar-refractivity contribution in [3.05, 3.63) is 33.9 Å². The number of nitrogens with zero attached hydrogens (tertiary/aromatic N) is 1. The second-order valence-electron chi connectivity index (χ2n) is 2.68. The van der Waals surface area contributed by atoms with Gasteiger partial charge in [0.1, 0.15) is 0 Å². The Kier molecular flexibility index (Phi) is 5.58. The van der Waals surface area contributed by atoms with Crippen LogP contribution in [0.5, 0.6) is 0 Å². The Hall–Kier alpha value is -1.40. The van der Waals surface area contributed by atoms with Gasteiger partial charge in [-0.3, -0.25) is 10.1 Å². The Morgan fingerprint density at radius 1 is 1.33 bits per heavy atom. The molecule has 0 aromatic heterocycles. The van der Waals surface area contributed by atoms with Gasteiger partial charge in [0.15, 0.2) is 0 Å². The van der Waals surface area contributed by atoms with Gasteiger partial charge in [0.05, 0.1) is 4.92 Å². The number of hydrogen-bond donors (Lipinski definition) is 2. The molecule has 82 valence electrons. The summed E-state index contributed by atoms with van der Waals surface area (Å²) in [6.45, 7) is 5.55. The van der Waals surface area contributed by atoms with Gasteiger partial charge in [-0.2, -0.15) is 0 Å². The van der Waals surface area contributed by atoms with Crippen molar-refractivity contribution >= 4 is 18.3 Å². The number of benzene rings is 1. The van der Waals surface area contributed by atoms with E-state index in [1.54, 1.807) is 6.92 Å². The highest BCUT2D eigenvalue weighted by Gasteiger charge is 2.15. The molecule has 1 aromatic carbocycles. The van der Waals surface area contributed by atoms with Crippen molar-refractivity contribution in [3.8, 4) is 0 Å². The molecule has 1 aromatic rings. The highest BCUT2D eigenvalue weighted by atomic mass is 16.6. The van der Waals surface area contributed by atoms with Crippen molar-refractivity contribution in [2.75, 3.05) is 0 Å². The highest BCUT2D eigenvalue weighted by molar-refractivity contribution is 6.58. The van der Waals surface area contributed by atoms with Gasteiger partial charge in [-0.25, -0.2) is 0 Å². The summed E-state index contributed by atoms with van der Waals surface area (Å²) < 4.78 is 0. The van der Waals surface area contributed by atoms with Crippen molar-refractivity contribution in [3.63, 3.8) is 0 Å². The Morgan fingerprint density at radius 2 is 1.87 bits per heavy atom. The summed E-state index contributed by atoms with van der Waals surface area (Å²) in [5, 5.41) is 27.9. The van der Waals surface area contributed by atoms with E-state index in [1.807, 2.05) is 13.8 Å². The van der Waals surface area contributed by atoms with Crippen LogP contribution in [-0.4, -0.2) is 22.1 Å². The molecular formula is C9H14BNO4. The van der Waals surface area contributed by atoms with Gasteiger partial charge in [-0.15, -0.1) is 0 Å². The van der Waals surface area contributed by atoms with E-state index in [1.165, 1.54) is 18.2 Å². The second kappa shape index (κ2) is 6.16. The molecule has 0 heterocycles. The van der Waals surface area contributed by atoms with E-state index in [4.69, 9.17) is 10.0 Å². The standard InChI is InChI=1S/C7H8BNO4.C2H6/c1-5-4-6(8(10)11)2-3-7(5)9(12)13;1-2/h2-4,10-11H,1H3;1-2H3. The van der Waals surface area contributed by atoms with Crippen LogP contribution >= 0.6 is 0 Å². The Balaban J connectivity index is 0.000000921. The van der Waals surface area contributed by atoms with E-state index >= 15 is 0 Å². The highest BCUT2D eigenvalue weighted by Crippen LogP contribution is 2.14. The van der Waals surface area contributed by atoms with Crippen LogP contribution in [0.1, 0.15) is 19.4 Å². The molecule has 0 fully saturated rings. The molecule has 0 atom stereocenters. The lowest BCUT2D eigenvalue weighted by molar-refractivity contribution is -0.385. The normalized spacial score (nSPS) is 8.87. The molecule has 0 radical (unpaired) electrons. The largest absolute Gasteiger partial charge is 0.488 e. The van der Waals surface area contributed by atoms with Gasteiger partial charge in [0.2, 0.25) is 0 Å². The topological polar surface area (TPSA) is 83.6 Å². The zero-order chi connectivity index (χ0) is 12.0. The summed E-state index contributed by atoms with van der Waals surface area (Å²) in [4.78, 5) is 9.87. The fourth-order valence-corrected chi connectivity index (χ4v) is 1.04. The SMILES string of the molecule is CC.Cc1cc(B(O)O)ccc1[N+](=O)[O-]. The minimum absolute atomic E-state index is 0.0237. The van der Waals surface area contributed by atoms with Gasteiger partial charge in [-0.05, 0) is 12.4 Å². The molecule has 0 amide bonds. The quantitative estimate of drug-likeness (QED) is 0.426. The van der Waals surface area contributed by atoms with E-state index < -0.39 is 12.0 Å². The molecule has 0 aliphatic carbocycles. The molecule has 0 spiro atoms. The summed E-state index contributed by atoms with van der Waals surface area (Å²) in [6.07, 6.45) is 0. The average molecular weight is 211 g/mol. The van der Waals surface area contributed by atoms with E-state index in [9.17, 15) is 10.1 Å². The van der Waals surface area contributed by atoms with Gasteiger partial charge >= 0.3 is 7.12 Å². The third-order valence-electron chi connectivity index (χ3n) is 1.72. The van der Waals surface area contributed by atoms with E-state index in [0.29, 0.717) is 5.56 Å². The molecule has 2 N–H and O–H groups in total. The molecule has 15 heavy (non-hydrogen) atoms. The summed E-state index contributed by atoms with van der Waals surface area (Å²) in [7, 11) is -1.58. The van der Waals surface area contributed by atoms with Crippen molar-refractivity contribution in [2.24, 2.45) is 0 Å². The van der Waals surface area contributed by atoms with Crippen LogP contribution in [0.2, 0.25) is 0 Å². The molecule has 0 bridgehead atoms. The van der Waals surface area contributed by atoms with Crippen molar-refractivity contribution in [1.82, 2.24) is 0 Å². The predicted octanol–water partition coefficient (Wildman–Crippen LogP) is 0.609. The number of hydrogen-bond acceptors (Lipinski definition) is 4. The van der Waals surface area contributed by atoms with Crippen molar-refractivity contribution in [1.29, 1.82) is 0 Å². The molecule has 0 aliphatic heterocycles. The minimum atomic E-state index is -1.58. The van der Waals surface area contributed by atoms with Crippen LogP contribution in [0.3, 0.4) is 0 Å². The molecule has 0 saturated heterocycles. The second-order valence-corrected chi connectivity index (χ2v) is 2.68. The van der Waals surface area contributed by atoms with Gasteiger partial charge in [0, 0.05) is 11.6 Å². The summed E-state index contributed by atoms with van der Waals surface area (Å²) in [5.74, 6) is 0. The van der Waals surface area contributed by atoms with Gasteiger partial charge < -0.3 is 10.0 Å². The summed E-state index contributed by atoms with van der Waals surface area (Å²) >= 11 is 0. The first-order valence-corrected chi connectivity index (χ1v) is 4.63. The molecular weight excluding hydrogens is 197 g/mol. The number of nitro groups is 1. The zero-order valence-electron chi connectivity index (χ0n) is 8.97. The Morgan fingerprint density at radius 3 is 2.20 bits per heavy atom. The van der Waals surface area contributed by atoms with Crippen LogP contribution in [0.4, 0.5) is 5.69 Å². The van der Waals surface area contributed by atoms with E-state index in [0.717, 1.165) is 0 Å². The smallest absolute Gasteiger partial charge is 0.423 e. The van der Waals surface area contributed by atoms with Crippen LogP contribution in [0, 0.1) is 17.0 Å². The molecule has 1 rings (SSSR count). The maximum atomic E-state index is 10.4. The summed E-state index contributed by atoms with van der Waals surface area (Å²) in [5.41, 5.74) is 0.642. The molecule has 6 heteroatoms. The van der Waals surface area contributed by atoms with Crippen LogP contribution < -0.4 is 5.46 Å². The molecule has 0 aliphatic rings. The van der Waals surface area contributed by atoms with Crippen molar-refractivity contribution < 1.29 is 15.0 Å². The molecule has 0 unspecified atom stereocenters. The maximum absolute atomic E-state index is 10.4. The fourth-order valence-electron chi connectivity index (χ4n) is 1.04. The average Bonchev–Trinajstić information content (AvgIpc) is 2.20. The van der Waals surface area contributed by atoms with Crippen LogP contribution in [-0.2, 0) is 0 Å². The predicted molar refractivity (Wildman–Crippen MR) is 59.0 cm³/mol. The first kappa shape index (κ1) is 13.6. The van der Waals surface area contributed by atoms with E-state index in [2.05, 4.69) is 0 Å². The molecule has 5 nitrogen and oxygen atoms in total. The lowest BCUT2D eigenvalue weighted by atomic mass is 9.79. The number of rotatable bonds is 2. The van der Waals surface area contributed by atoms with Crippen molar-refractivity contribution in [2.45, 2.75) is 20.8 Å². The minimum Gasteiger partial charge on any atom is -0.423 e. The van der Waals surface area contributed by atoms with E-state index in [-0.39, 0.29) is 11.2 Å². The maximum Gasteiger partial charge on any atom is 0.488 e. The van der Waals surface area contributed by atoms with Gasteiger partial charge in [0.25, 0.3) is 5.69 Å². The van der Waals surface area contributed by atoms with Gasteiger partial charge in [-0.1, -0.05) is 26.0 Å². The third kappa shape index (κ3) is 3.69. The zero-order valence-corrected chi connectivity index (χ0v) is 8.97. The van der Waals surface area contributed by atoms with Crippen LogP contribution in [0.15, 0.2) is 18.2 Å². The third-order valence-corrected chi connectivity index (χ3v) is 1.72. The lowest BCUT2D eigenvalue weighted by Crippen LogP contribution is -2.29. The monoisotopic (exact) mass is 211 g/mol. The first-order valence-electron chi connectivity index (χ1n) is 4.63. The Labute approximate surface area is 88.7 Å². The molecule has 0 saturated carbocycles. The number of nitro benzene ring substituents is 1. The van der Waals surface area contributed by atoms with Crippen LogP contribution in [0.25, 0.3) is 0 Å². The Bertz CT molecular complexity index is 341.